The lowest BCUT2D eigenvalue weighted by atomic mass is 9.92. The van der Waals surface area contributed by atoms with Gasteiger partial charge < -0.3 is 24.6 Å². The summed E-state index contributed by atoms with van der Waals surface area (Å²) in [5.41, 5.74) is 3.96. The third-order valence-corrected chi connectivity index (χ3v) is 7.75. The van der Waals surface area contributed by atoms with Crippen molar-refractivity contribution < 1.29 is 28.7 Å². The van der Waals surface area contributed by atoms with Crippen LogP contribution in [0.1, 0.15) is 35.1 Å². The number of likely N-dealkylation sites (N-methyl/N-ethyl adjacent to an activating group) is 1. The number of amides is 5. The van der Waals surface area contributed by atoms with E-state index in [0.717, 1.165) is 22.3 Å². The zero-order chi connectivity index (χ0) is 27.0. The Morgan fingerprint density at radius 1 is 0.947 bits per heavy atom. The molecule has 0 radical (unpaired) electrons. The molecule has 3 aliphatic heterocycles. The molecule has 2 aromatic rings. The van der Waals surface area contributed by atoms with Crippen LogP contribution >= 0.6 is 0 Å². The summed E-state index contributed by atoms with van der Waals surface area (Å²) in [5.74, 6) is 0.458. The van der Waals surface area contributed by atoms with Crippen LogP contribution in [0.2, 0.25) is 0 Å². The second-order valence-corrected chi connectivity index (χ2v) is 9.82. The Hall–Kier alpha value is -4.08. The molecule has 1 N–H and O–H groups in total. The van der Waals surface area contributed by atoms with Crippen LogP contribution in [0.25, 0.3) is 0 Å². The van der Waals surface area contributed by atoms with Gasteiger partial charge in [-0.2, -0.15) is 0 Å². The number of hydrogen-bond donors (Lipinski definition) is 1. The highest BCUT2D eigenvalue weighted by molar-refractivity contribution is 6.04. The molecule has 10 nitrogen and oxygen atoms in total. The van der Waals surface area contributed by atoms with E-state index in [9.17, 15) is 19.2 Å². The molecule has 38 heavy (non-hydrogen) atoms. The van der Waals surface area contributed by atoms with Crippen molar-refractivity contribution in [1.29, 1.82) is 0 Å². The Labute approximate surface area is 221 Å². The molecule has 0 bridgehead atoms. The molecule has 5 amide bonds. The molecular formula is C28H32N4O6. The SMILES string of the molecule is CNC(=O)C1Cc2cc(OC)c(OC)cc2CN1C(=O)CCCN1C(=O)C2Cc3ccccc3CN2C1=O. The van der Waals surface area contributed by atoms with Crippen LogP contribution in [0.3, 0.4) is 0 Å². The molecule has 0 aromatic heterocycles. The summed E-state index contributed by atoms with van der Waals surface area (Å²) in [5, 5.41) is 2.66. The molecule has 0 aliphatic carbocycles. The number of rotatable bonds is 7. The number of hydrogen-bond acceptors (Lipinski definition) is 6. The number of urea groups is 1. The number of methoxy groups -OCH3 is 2. The van der Waals surface area contributed by atoms with E-state index in [2.05, 4.69) is 5.32 Å². The van der Waals surface area contributed by atoms with Gasteiger partial charge in [-0.25, -0.2) is 4.79 Å². The number of carbonyl (C=O) groups is 4. The fourth-order valence-corrected chi connectivity index (χ4v) is 5.69. The van der Waals surface area contributed by atoms with Gasteiger partial charge in [0.1, 0.15) is 12.1 Å². The average Bonchev–Trinajstić information content (AvgIpc) is 3.17. The summed E-state index contributed by atoms with van der Waals surface area (Å²) in [6, 6.07) is 10.1. The minimum Gasteiger partial charge on any atom is -0.493 e. The highest BCUT2D eigenvalue weighted by atomic mass is 16.5. The lowest BCUT2D eigenvalue weighted by molar-refractivity contribution is -0.141. The summed E-state index contributed by atoms with van der Waals surface area (Å²) >= 11 is 0. The quantitative estimate of drug-likeness (QED) is 0.559. The number of nitrogens with zero attached hydrogens (tertiary/aromatic N) is 3. The summed E-state index contributed by atoms with van der Waals surface area (Å²) < 4.78 is 10.8. The van der Waals surface area contributed by atoms with Gasteiger partial charge in [-0.15, -0.1) is 0 Å². The average molecular weight is 521 g/mol. The number of carbonyl (C=O) groups excluding carboxylic acids is 4. The molecule has 2 aromatic carbocycles. The van der Waals surface area contributed by atoms with E-state index >= 15 is 0 Å². The van der Waals surface area contributed by atoms with Gasteiger partial charge in [0.15, 0.2) is 11.5 Å². The first-order valence-corrected chi connectivity index (χ1v) is 12.8. The van der Waals surface area contributed by atoms with Crippen molar-refractivity contribution in [2.45, 2.75) is 50.9 Å². The molecule has 10 heteroatoms. The fraction of sp³-hybridized carbons (Fsp3) is 0.429. The molecule has 5 rings (SSSR count). The summed E-state index contributed by atoms with van der Waals surface area (Å²) in [6.07, 6.45) is 1.28. The first-order chi connectivity index (χ1) is 18.4. The van der Waals surface area contributed by atoms with Gasteiger partial charge in [-0.05, 0) is 40.8 Å². The van der Waals surface area contributed by atoms with Crippen LogP contribution in [0.15, 0.2) is 36.4 Å². The highest BCUT2D eigenvalue weighted by Crippen LogP contribution is 2.35. The first kappa shape index (κ1) is 25.6. The van der Waals surface area contributed by atoms with E-state index in [1.807, 2.05) is 36.4 Å². The molecule has 1 saturated heterocycles. The number of ether oxygens (including phenoxy) is 2. The maximum Gasteiger partial charge on any atom is 0.327 e. The number of fused-ring (bicyclic) bond motifs is 3. The van der Waals surface area contributed by atoms with E-state index in [0.29, 0.717) is 37.3 Å². The fourth-order valence-electron chi connectivity index (χ4n) is 5.69. The van der Waals surface area contributed by atoms with Crippen molar-refractivity contribution in [3.8, 4) is 11.5 Å². The Bertz CT molecular complexity index is 1250. The van der Waals surface area contributed by atoms with Crippen LogP contribution in [0.5, 0.6) is 11.5 Å². The molecule has 0 spiro atoms. The first-order valence-electron chi connectivity index (χ1n) is 12.8. The Balaban J connectivity index is 1.26. The standard InChI is InChI=1S/C28H32N4O6/c1-29-26(34)21-12-19-13-23(37-2)24(38-3)14-20(19)16-31(21)25(33)9-6-10-30-27(35)22-11-17-7-4-5-8-18(17)15-32(22)28(30)36/h4-5,7-8,13-14,21-22H,6,9-12,15-16H2,1-3H3,(H,29,34). The summed E-state index contributed by atoms with van der Waals surface area (Å²) in [6.45, 7) is 0.825. The predicted octanol–water partition coefficient (Wildman–Crippen LogP) is 1.87. The van der Waals surface area contributed by atoms with Gasteiger partial charge in [-0.3, -0.25) is 19.3 Å². The minimum absolute atomic E-state index is 0.109. The van der Waals surface area contributed by atoms with Crippen LogP contribution in [-0.4, -0.2) is 78.3 Å². The van der Waals surface area contributed by atoms with E-state index in [4.69, 9.17) is 9.47 Å². The number of benzene rings is 2. The topological polar surface area (TPSA) is 108 Å². The Morgan fingerprint density at radius 3 is 2.32 bits per heavy atom. The lowest BCUT2D eigenvalue weighted by Gasteiger charge is -2.36. The third kappa shape index (κ3) is 4.44. The predicted molar refractivity (Wildman–Crippen MR) is 137 cm³/mol. The summed E-state index contributed by atoms with van der Waals surface area (Å²) in [7, 11) is 4.65. The highest BCUT2D eigenvalue weighted by Gasteiger charge is 2.46. The van der Waals surface area contributed by atoms with E-state index in [-0.39, 0.29) is 43.3 Å². The van der Waals surface area contributed by atoms with Gasteiger partial charge in [0.25, 0.3) is 5.91 Å². The largest absolute Gasteiger partial charge is 0.493 e. The Morgan fingerprint density at radius 2 is 1.63 bits per heavy atom. The van der Waals surface area contributed by atoms with Crippen molar-refractivity contribution in [3.05, 3.63) is 58.7 Å². The maximum absolute atomic E-state index is 13.3. The van der Waals surface area contributed by atoms with Crippen LogP contribution in [-0.2, 0) is 40.3 Å². The van der Waals surface area contributed by atoms with Crippen LogP contribution in [0, 0.1) is 0 Å². The second-order valence-electron chi connectivity index (χ2n) is 9.82. The van der Waals surface area contributed by atoms with Gasteiger partial charge in [-0.1, -0.05) is 24.3 Å². The monoisotopic (exact) mass is 520 g/mol. The second kappa shape index (κ2) is 10.4. The van der Waals surface area contributed by atoms with Crippen molar-refractivity contribution in [1.82, 2.24) is 20.0 Å². The Kier molecular flexibility index (Phi) is 6.96. The van der Waals surface area contributed by atoms with Crippen molar-refractivity contribution in [2.24, 2.45) is 0 Å². The van der Waals surface area contributed by atoms with E-state index < -0.39 is 12.1 Å². The zero-order valence-corrected chi connectivity index (χ0v) is 21.9. The lowest BCUT2D eigenvalue weighted by Crippen LogP contribution is -2.52. The molecule has 2 atom stereocenters. The minimum atomic E-state index is -0.666. The van der Waals surface area contributed by atoms with Crippen molar-refractivity contribution in [3.63, 3.8) is 0 Å². The van der Waals surface area contributed by atoms with Gasteiger partial charge in [0.2, 0.25) is 11.8 Å². The normalized spacial score (nSPS) is 20.0. The molecule has 3 aliphatic rings. The van der Waals surface area contributed by atoms with Gasteiger partial charge >= 0.3 is 6.03 Å². The van der Waals surface area contributed by atoms with E-state index in [1.54, 1.807) is 31.1 Å². The molecule has 0 saturated carbocycles. The number of nitrogens with one attached hydrogen (secondary N) is 1. The smallest absolute Gasteiger partial charge is 0.327 e. The van der Waals surface area contributed by atoms with Crippen LogP contribution in [0.4, 0.5) is 4.79 Å². The maximum atomic E-state index is 13.3. The molecule has 2 unspecified atom stereocenters. The van der Waals surface area contributed by atoms with Crippen molar-refractivity contribution in [2.75, 3.05) is 27.8 Å². The molecule has 200 valence electrons. The van der Waals surface area contributed by atoms with Gasteiger partial charge in [0, 0.05) is 45.9 Å². The molecule has 3 heterocycles. The molecule has 1 fully saturated rings. The number of imide groups is 1. The van der Waals surface area contributed by atoms with Crippen molar-refractivity contribution >= 4 is 23.8 Å². The summed E-state index contributed by atoms with van der Waals surface area (Å²) in [4.78, 5) is 56.6. The van der Waals surface area contributed by atoms with E-state index in [1.165, 1.54) is 4.90 Å². The van der Waals surface area contributed by atoms with Crippen LogP contribution < -0.4 is 14.8 Å². The third-order valence-electron chi connectivity index (χ3n) is 7.75. The zero-order valence-electron chi connectivity index (χ0n) is 21.9. The molecular weight excluding hydrogens is 488 g/mol. The van der Waals surface area contributed by atoms with Gasteiger partial charge in [0.05, 0.1) is 14.2 Å².